The molecule has 2 aromatic rings. The normalized spacial score (nSPS) is 20.1. The summed E-state index contributed by atoms with van der Waals surface area (Å²) in [5, 5.41) is 13.9. The Balaban J connectivity index is 2.11. The van der Waals surface area contributed by atoms with Crippen LogP contribution in [-0.4, -0.2) is 16.7 Å². The van der Waals surface area contributed by atoms with Crippen LogP contribution in [-0.2, 0) is 22.4 Å². The Kier molecular flexibility index (Phi) is 2.73. The summed E-state index contributed by atoms with van der Waals surface area (Å²) in [6, 6.07) is 5.66. The van der Waals surface area contributed by atoms with E-state index in [0.717, 1.165) is 46.0 Å². The Morgan fingerprint density at radius 3 is 2.41 bits per heavy atom. The van der Waals surface area contributed by atoms with E-state index in [1.165, 1.54) is 17.7 Å². The number of benzene rings is 2. The van der Waals surface area contributed by atoms with Crippen LogP contribution in [0.3, 0.4) is 0 Å². The molecule has 0 saturated heterocycles. The molecule has 22 heavy (non-hydrogen) atoms. The number of Topliss-reactive ketones (excluding diaryl/α,β-unsaturated/α-hetero) is 2. The number of phenols is 1. The first kappa shape index (κ1) is 13.3. The number of aromatic hydroxyl groups is 1. The number of carbonyl (C=O) groups excluding carboxylic acids is 2. The second-order valence-corrected chi connectivity index (χ2v) is 6.42. The lowest BCUT2D eigenvalue weighted by atomic mass is 9.81. The van der Waals surface area contributed by atoms with Crippen LogP contribution in [0, 0.1) is 5.92 Å². The number of ketones is 2. The molecule has 0 radical (unpaired) electrons. The van der Waals surface area contributed by atoms with Crippen molar-refractivity contribution in [3.8, 4) is 5.75 Å². The smallest absolute Gasteiger partial charge is 0.226 e. The quantitative estimate of drug-likeness (QED) is 0.746. The molecule has 0 aromatic heterocycles. The second-order valence-electron chi connectivity index (χ2n) is 6.42. The molecule has 0 bridgehead atoms. The lowest BCUT2D eigenvalue weighted by Crippen LogP contribution is -2.33. The van der Waals surface area contributed by atoms with Crippen LogP contribution >= 0.6 is 0 Å². The summed E-state index contributed by atoms with van der Waals surface area (Å²) in [5.74, 6) is -0.0145. The summed E-state index contributed by atoms with van der Waals surface area (Å²) in [6.07, 6.45) is 5.72. The van der Waals surface area contributed by atoms with Crippen molar-refractivity contribution < 1.29 is 14.7 Å². The van der Waals surface area contributed by atoms with Crippen LogP contribution in [0.25, 0.3) is 22.9 Å². The average Bonchev–Trinajstić information content (AvgIpc) is 2.47. The number of hydrogen-bond donors (Lipinski definition) is 1. The zero-order chi connectivity index (χ0) is 15.4. The lowest BCUT2D eigenvalue weighted by Gasteiger charge is -2.24. The van der Waals surface area contributed by atoms with Crippen molar-refractivity contribution >= 4 is 34.5 Å². The number of phenolic OH excluding ortho intramolecular Hbond substituents is 1. The highest BCUT2D eigenvalue weighted by Crippen LogP contribution is 2.36. The Labute approximate surface area is 127 Å². The summed E-state index contributed by atoms with van der Waals surface area (Å²) in [5.41, 5.74) is 2.22. The topological polar surface area (TPSA) is 54.4 Å². The van der Waals surface area contributed by atoms with Crippen molar-refractivity contribution in [3.63, 3.8) is 0 Å². The Hall–Kier alpha value is -2.42. The van der Waals surface area contributed by atoms with E-state index < -0.39 is 11.6 Å². The minimum atomic E-state index is -0.484. The van der Waals surface area contributed by atoms with Crippen LogP contribution in [0.5, 0.6) is 5.75 Å². The summed E-state index contributed by atoms with van der Waals surface area (Å²) in [4.78, 5) is 23.2. The van der Waals surface area contributed by atoms with E-state index in [2.05, 4.69) is 6.92 Å². The molecule has 0 heterocycles. The summed E-state index contributed by atoms with van der Waals surface area (Å²) >= 11 is 0. The first-order chi connectivity index (χ1) is 10.5. The predicted octanol–water partition coefficient (Wildman–Crippen LogP) is 1.38. The molecule has 3 nitrogen and oxygen atoms in total. The summed E-state index contributed by atoms with van der Waals surface area (Å²) in [7, 11) is 0. The molecule has 1 N–H and O–H groups in total. The van der Waals surface area contributed by atoms with Crippen LogP contribution in [0.2, 0.25) is 0 Å². The molecule has 0 aliphatic heterocycles. The molecule has 2 aliphatic carbocycles. The average molecular weight is 292 g/mol. The Morgan fingerprint density at radius 2 is 1.68 bits per heavy atom. The Bertz CT molecular complexity index is 967. The molecule has 0 fully saturated rings. The first-order valence-corrected chi connectivity index (χ1v) is 7.62. The third-order valence-corrected chi connectivity index (χ3v) is 4.80. The van der Waals surface area contributed by atoms with E-state index in [9.17, 15) is 14.7 Å². The van der Waals surface area contributed by atoms with E-state index in [-0.39, 0.29) is 0 Å². The molecule has 0 saturated carbocycles. The number of fused-ring (bicyclic) bond motifs is 4. The number of carbonyl (C=O) groups is 2. The van der Waals surface area contributed by atoms with Crippen LogP contribution in [0.4, 0.5) is 0 Å². The van der Waals surface area contributed by atoms with Crippen molar-refractivity contribution in [2.75, 3.05) is 0 Å². The highest BCUT2D eigenvalue weighted by atomic mass is 16.3. The van der Waals surface area contributed by atoms with Crippen LogP contribution < -0.4 is 10.4 Å². The minimum Gasteiger partial charge on any atom is -0.508 e. The van der Waals surface area contributed by atoms with Gasteiger partial charge in [-0.1, -0.05) is 6.92 Å². The van der Waals surface area contributed by atoms with E-state index in [1.807, 2.05) is 12.1 Å². The van der Waals surface area contributed by atoms with Gasteiger partial charge >= 0.3 is 0 Å². The molecule has 2 aromatic carbocycles. The van der Waals surface area contributed by atoms with Crippen molar-refractivity contribution in [3.05, 3.63) is 39.8 Å². The third-order valence-electron chi connectivity index (χ3n) is 4.80. The zero-order valence-electron chi connectivity index (χ0n) is 12.3. The van der Waals surface area contributed by atoms with E-state index in [4.69, 9.17) is 0 Å². The van der Waals surface area contributed by atoms with Crippen LogP contribution in [0.15, 0.2) is 18.2 Å². The van der Waals surface area contributed by atoms with Gasteiger partial charge in [0.25, 0.3) is 0 Å². The second kappa shape index (κ2) is 4.54. The van der Waals surface area contributed by atoms with Gasteiger partial charge in [-0.25, -0.2) is 0 Å². The molecule has 0 unspecified atom stereocenters. The third kappa shape index (κ3) is 1.89. The van der Waals surface area contributed by atoms with Gasteiger partial charge in [-0.3, -0.25) is 9.59 Å². The van der Waals surface area contributed by atoms with Crippen LogP contribution in [0.1, 0.15) is 24.5 Å². The highest BCUT2D eigenvalue weighted by molar-refractivity contribution is 6.57. The maximum absolute atomic E-state index is 11.6. The largest absolute Gasteiger partial charge is 0.508 e. The van der Waals surface area contributed by atoms with Gasteiger partial charge in [0.05, 0.1) is 0 Å². The van der Waals surface area contributed by atoms with E-state index in [1.54, 1.807) is 6.07 Å². The highest BCUT2D eigenvalue weighted by Gasteiger charge is 2.21. The zero-order valence-corrected chi connectivity index (χ0v) is 12.3. The van der Waals surface area contributed by atoms with Gasteiger partial charge in [0.1, 0.15) is 5.75 Å². The van der Waals surface area contributed by atoms with Crippen molar-refractivity contribution in [1.29, 1.82) is 0 Å². The molecule has 1 atom stereocenters. The molecule has 0 amide bonds. The molecule has 4 rings (SSSR count). The molecule has 3 heteroatoms. The van der Waals surface area contributed by atoms with Gasteiger partial charge < -0.3 is 5.11 Å². The molecule has 110 valence electrons. The lowest BCUT2D eigenvalue weighted by molar-refractivity contribution is -0.129. The number of rotatable bonds is 0. The fourth-order valence-electron chi connectivity index (χ4n) is 3.61. The van der Waals surface area contributed by atoms with Gasteiger partial charge in [-0.2, -0.15) is 0 Å². The minimum absolute atomic E-state index is 0.344. The molecular formula is C19H16O3. The fraction of sp³-hybridized carbons (Fsp3) is 0.263. The van der Waals surface area contributed by atoms with E-state index in [0.29, 0.717) is 11.7 Å². The van der Waals surface area contributed by atoms with E-state index >= 15 is 0 Å². The first-order valence-electron chi connectivity index (χ1n) is 7.62. The van der Waals surface area contributed by atoms with Gasteiger partial charge in [0.15, 0.2) is 0 Å². The molecular weight excluding hydrogens is 276 g/mol. The van der Waals surface area contributed by atoms with Gasteiger partial charge in [-0.15, -0.1) is 0 Å². The standard InChI is InChI=1S/C19H16O3/c1-10-2-3-14-16(4-10)15-6-12-8-19(22)18(21)7-11(12)5-13(15)9-17(14)20/h5-10,20H,2-4H2,1H3/t10-/m1/s1. The van der Waals surface area contributed by atoms with Crippen molar-refractivity contribution in [2.45, 2.75) is 26.2 Å². The SMILES string of the molecule is C[C@@H]1CCc2c(O)cc3cc4c(cc3c2C1)=CC(=O)C(=O)C=4. The summed E-state index contributed by atoms with van der Waals surface area (Å²) < 4.78 is 0. The van der Waals surface area contributed by atoms with Crippen molar-refractivity contribution in [1.82, 2.24) is 0 Å². The fourth-order valence-corrected chi connectivity index (χ4v) is 3.61. The maximum Gasteiger partial charge on any atom is 0.226 e. The monoisotopic (exact) mass is 292 g/mol. The molecule has 0 spiro atoms. The van der Waals surface area contributed by atoms with Gasteiger partial charge in [0, 0.05) is 0 Å². The van der Waals surface area contributed by atoms with Gasteiger partial charge in [0.2, 0.25) is 11.6 Å². The Morgan fingerprint density at radius 1 is 1.00 bits per heavy atom. The van der Waals surface area contributed by atoms with Crippen molar-refractivity contribution in [2.24, 2.45) is 5.92 Å². The predicted molar refractivity (Wildman–Crippen MR) is 85.0 cm³/mol. The maximum atomic E-state index is 11.6. The number of hydrogen-bond acceptors (Lipinski definition) is 3. The summed E-state index contributed by atoms with van der Waals surface area (Å²) in [6.45, 7) is 2.22. The van der Waals surface area contributed by atoms with Gasteiger partial charge in [-0.05, 0) is 87.9 Å². The molecule has 2 aliphatic rings.